The molecule has 6 unspecified atom stereocenters. The first kappa shape index (κ1) is 17.2. The number of carbonyl (C=O) groups excluding carboxylic acids is 1. The highest BCUT2D eigenvalue weighted by Gasteiger charge is 2.62. The summed E-state index contributed by atoms with van der Waals surface area (Å²) in [6.45, 7) is 6.63. The fourth-order valence-corrected chi connectivity index (χ4v) is 7.19. The first-order valence-corrected chi connectivity index (χ1v) is 9.79. The van der Waals surface area contributed by atoms with Crippen LogP contribution in [0.15, 0.2) is 11.3 Å². The lowest BCUT2D eigenvalue weighted by molar-refractivity contribution is -0.422. The van der Waals surface area contributed by atoms with Crippen molar-refractivity contribution in [1.29, 1.82) is 0 Å². The van der Waals surface area contributed by atoms with Gasteiger partial charge in [0.1, 0.15) is 0 Å². The number of hydrogen-bond acceptors (Lipinski definition) is 4. The van der Waals surface area contributed by atoms with Gasteiger partial charge >= 0.3 is 5.70 Å². The van der Waals surface area contributed by atoms with Gasteiger partial charge in [-0.3, -0.25) is 14.9 Å². The van der Waals surface area contributed by atoms with Crippen molar-refractivity contribution in [3.05, 3.63) is 21.4 Å². The fourth-order valence-electron chi connectivity index (χ4n) is 7.19. The van der Waals surface area contributed by atoms with Crippen LogP contribution in [0, 0.1) is 44.6 Å². The smallest absolute Gasteiger partial charge is 0.311 e. The molecule has 3 fully saturated rings. The standard InChI is InChI=1S/C20H29NO4/c1-11-10-14-18(21(24)25)15(22)7-9-19(14,2)13-6-8-20(3)12(17(11)13)4-5-16(20)23/h11-13,16-17,23H,4-10H2,1-3H3/t11-,12?,13?,16?,17?,19?,20?/m1/s1. The zero-order valence-electron chi connectivity index (χ0n) is 15.5. The number of fused-ring (bicyclic) bond motifs is 5. The highest BCUT2D eigenvalue weighted by molar-refractivity contribution is 5.95. The molecule has 25 heavy (non-hydrogen) atoms. The van der Waals surface area contributed by atoms with E-state index in [1.807, 2.05) is 0 Å². The topological polar surface area (TPSA) is 80.4 Å². The number of nitrogens with zero attached hydrogens (tertiary/aromatic N) is 1. The molecule has 3 saturated carbocycles. The van der Waals surface area contributed by atoms with Gasteiger partial charge in [-0.05, 0) is 73.0 Å². The van der Waals surface area contributed by atoms with Gasteiger partial charge in [-0.25, -0.2) is 0 Å². The summed E-state index contributed by atoms with van der Waals surface area (Å²) in [6.07, 6.45) is 5.47. The van der Waals surface area contributed by atoms with E-state index in [4.69, 9.17) is 0 Å². The molecule has 0 aromatic rings. The second kappa shape index (κ2) is 5.38. The molecule has 0 aliphatic heterocycles. The second-order valence-electron chi connectivity index (χ2n) is 9.53. The monoisotopic (exact) mass is 347 g/mol. The van der Waals surface area contributed by atoms with Gasteiger partial charge in [-0.15, -0.1) is 0 Å². The van der Waals surface area contributed by atoms with E-state index in [1.165, 1.54) is 0 Å². The summed E-state index contributed by atoms with van der Waals surface area (Å²) in [7, 11) is 0. The average molecular weight is 347 g/mol. The molecular formula is C20H29NO4. The van der Waals surface area contributed by atoms with Crippen LogP contribution in [0.1, 0.15) is 65.7 Å². The molecule has 0 amide bonds. The van der Waals surface area contributed by atoms with Crippen molar-refractivity contribution in [2.24, 2.45) is 34.5 Å². The van der Waals surface area contributed by atoms with Crippen molar-refractivity contribution >= 4 is 5.78 Å². The molecule has 4 aliphatic rings. The first-order valence-electron chi connectivity index (χ1n) is 9.79. The van der Waals surface area contributed by atoms with E-state index >= 15 is 0 Å². The molecule has 0 bridgehead atoms. The van der Waals surface area contributed by atoms with E-state index in [2.05, 4.69) is 20.8 Å². The van der Waals surface area contributed by atoms with E-state index in [0.717, 1.165) is 37.7 Å². The Balaban J connectivity index is 1.80. The largest absolute Gasteiger partial charge is 0.393 e. The first-order chi connectivity index (χ1) is 11.7. The number of Topliss-reactive ketones (excluding diaryl/α,β-unsaturated/α-hetero) is 1. The Morgan fingerprint density at radius 3 is 2.56 bits per heavy atom. The predicted octanol–water partition coefficient (Wildman–Crippen LogP) is 3.73. The summed E-state index contributed by atoms with van der Waals surface area (Å²) in [5, 5.41) is 22.2. The van der Waals surface area contributed by atoms with Crippen molar-refractivity contribution in [3.63, 3.8) is 0 Å². The molecule has 5 heteroatoms. The van der Waals surface area contributed by atoms with Crippen LogP contribution < -0.4 is 0 Å². The Bertz CT molecular complexity index is 671. The Kier molecular flexibility index (Phi) is 3.70. The fraction of sp³-hybridized carbons (Fsp3) is 0.850. The number of aliphatic hydroxyl groups excluding tert-OH is 1. The number of ketones is 1. The summed E-state index contributed by atoms with van der Waals surface area (Å²) < 4.78 is 0. The molecule has 4 rings (SSSR count). The molecule has 0 saturated heterocycles. The van der Waals surface area contributed by atoms with Crippen LogP contribution in [0.5, 0.6) is 0 Å². The van der Waals surface area contributed by atoms with Gasteiger partial charge in [-0.2, -0.15) is 0 Å². The van der Waals surface area contributed by atoms with Gasteiger partial charge < -0.3 is 5.11 Å². The van der Waals surface area contributed by atoms with Crippen molar-refractivity contribution < 1.29 is 14.8 Å². The van der Waals surface area contributed by atoms with E-state index in [0.29, 0.717) is 36.5 Å². The molecule has 0 radical (unpaired) electrons. The van der Waals surface area contributed by atoms with Crippen LogP contribution in [-0.4, -0.2) is 21.9 Å². The highest BCUT2D eigenvalue weighted by Crippen LogP contribution is 2.67. The van der Waals surface area contributed by atoms with Crippen LogP contribution in [0.25, 0.3) is 0 Å². The third kappa shape index (κ3) is 2.14. The van der Waals surface area contributed by atoms with Crippen molar-refractivity contribution in [3.8, 4) is 0 Å². The number of hydrogen-bond donors (Lipinski definition) is 1. The molecule has 0 heterocycles. The molecule has 0 aromatic heterocycles. The Labute approximate surface area is 149 Å². The zero-order chi connectivity index (χ0) is 18.1. The molecule has 0 aromatic carbocycles. The predicted molar refractivity (Wildman–Crippen MR) is 93.2 cm³/mol. The van der Waals surface area contributed by atoms with Gasteiger partial charge in [0.05, 0.1) is 11.0 Å². The summed E-state index contributed by atoms with van der Waals surface area (Å²) in [4.78, 5) is 23.4. The van der Waals surface area contributed by atoms with E-state index in [-0.39, 0.29) is 28.4 Å². The van der Waals surface area contributed by atoms with Crippen molar-refractivity contribution in [2.45, 2.75) is 71.8 Å². The maximum Gasteiger partial charge on any atom is 0.311 e. The highest BCUT2D eigenvalue weighted by atomic mass is 16.6. The van der Waals surface area contributed by atoms with Gasteiger partial charge in [0.25, 0.3) is 0 Å². The maximum absolute atomic E-state index is 12.2. The van der Waals surface area contributed by atoms with Crippen LogP contribution in [0.4, 0.5) is 0 Å². The van der Waals surface area contributed by atoms with Crippen molar-refractivity contribution in [1.82, 2.24) is 0 Å². The van der Waals surface area contributed by atoms with Crippen LogP contribution in [0.2, 0.25) is 0 Å². The minimum atomic E-state index is -0.422. The second-order valence-corrected chi connectivity index (χ2v) is 9.53. The van der Waals surface area contributed by atoms with E-state index in [9.17, 15) is 20.0 Å². The summed E-state index contributed by atoms with van der Waals surface area (Å²) in [5.41, 5.74) is 0.509. The molecule has 7 atom stereocenters. The molecule has 4 aliphatic carbocycles. The molecule has 1 N–H and O–H groups in total. The van der Waals surface area contributed by atoms with Crippen LogP contribution in [0.3, 0.4) is 0 Å². The number of rotatable bonds is 1. The van der Waals surface area contributed by atoms with Crippen molar-refractivity contribution in [2.75, 3.05) is 0 Å². The zero-order valence-corrected chi connectivity index (χ0v) is 15.5. The minimum Gasteiger partial charge on any atom is -0.393 e. The molecule has 0 spiro atoms. The number of carbonyl (C=O) groups is 1. The van der Waals surface area contributed by atoms with E-state index < -0.39 is 4.92 Å². The number of nitro groups is 1. The summed E-state index contributed by atoms with van der Waals surface area (Å²) in [5.74, 6) is 1.47. The quantitative estimate of drug-likeness (QED) is 0.579. The minimum absolute atomic E-state index is 0.00340. The average Bonchev–Trinajstić information content (AvgIpc) is 2.84. The van der Waals surface area contributed by atoms with Gasteiger partial charge in [0.2, 0.25) is 5.78 Å². The number of allylic oxidation sites excluding steroid dienone is 1. The Morgan fingerprint density at radius 2 is 1.88 bits per heavy atom. The lowest BCUT2D eigenvalue weighted by Crippen LogP contribution is -2.54. The lowest BCUT2D eigenvalue weighted by Gasteiger charge is -2.59. The SMILES string of the molecule is C[C@@H]1CC2=C([N+](=O)[O-])C(=O)CCC2(C)C2CCC3(C)C(O)CCC3C21. The molecule has 138 valence electrons. The van der Waals surface area contributed by atoms with E-state index in [1.54, 1.807) is 0 Å². The Hall–Kier alpha value is -1.23. The Morgan fingerprint density at radius 1 is 1.16 bits per heavy atom. The van der Waals surface area contributed by atoms with Crippen LogP contribution in [-0.2, 0) is 4.79 Å². The van der Waals surface area contributed by atoms with Crippen LogP contribution >= 0.6 is 0 Å². The molecular weight excluding hydrogens is 318 g/mol. The number of aliphatic hydroxyl groups is 1. The third-order valence-corrected chi connectivity index (χ3v) is 8.58. The maximum atomic E-state index is 12.2. The van der Waals surface area contributed by atoms with Gasteiger partial charge in [0, 0.05) is 12.0 Å². The molecule has 5 nitrogen and oxygen atoms in total. The third-order valence-electron chi connectivity index (χ3n) is 8.58. The summed E-state index contributed by atoms with van der Waals surface area (Å²) >= 11 is 0. The van der Waals surface area contributed by atoms with Gasteiger partial charge in [-0.1, -0.05) is 20.8 Å². The summed E-state index contributed by atoms with van der Waals surface area (Å²) in [6, 6.07) is 0. The van der Waals surface area contributed by atoms with Gasteiger partial charge in [0.15, 0.2) is 0 Å². The normalized spacial score (nSPS) is 49.4. The lowest BCUT2D eigenvalue weighted by atomic mass is 9.45.